The maximum atomic E-state index is 10.4. The van der Waals surface area contributed by atoms with E-state index in [1.807, 2.05) is 6.07 Å². The zero-order valence-electron chi connectivity index (χ0n) is 11.5. The zero-order chi connectivity index (χ0) is 13.0. The molecule has 2 heteroatoms. The Kier molecular flexibility index (Phi) is 4.41. The molecule has 1 fully saturated rings. The van der Waals surface area contributed by atoms with E-state index >= 15 is 0 Å². The highest BCUT2D eigenvalue weighted by Gasteiger charge is 2.31. The molecular formula is C16H25NO. The first-order valence-electron chi connectivity index (χ1n) is 7.11. The molecule has 2 rings (SSSR count). The van der Waals surface area contributed by atoms with E-state index in [9.17, 15) is 5.11 Å². The van der Waals surface area contributed by atoms with Crippen LogP contribution in [-0.4, -0.2) is 17.3 Å². The van der Waals surface area contributed by atoms with Crippen LogP contribution in [0.5, 0.6) is 0 Å². The Labute approximate surface area is 110 Å². The predicted octanol–water partition coefficient (Wildman–Crippen LogP) is 3.28. The third-order valence-corrected chi connectivity index (χ3v) is 4.01. The van der Waals surface area contributed by atoms with Crippen molar-refractivity contribution in [2.24, 2.45) is 5.92 Å². The Hall–Kier alpha value is -0.860. The summed E-state index contributed by atoms with van der Waals surface area (Å²) < 4.78 is 0. The number of benzene rings is 1. The Morgan fingerprint density at radius 2 is 1.78 bits per heavy atom. The fraction of sp³-hybridized carbons (Fsp3) is 0.625. The van der Waals surface area contributed by atoms with Gasteiger partial charge in [0, 0.05) is 12.6 Å². The van der Waals surface area contributed by atoms with E-state index in [-0.39, 0.29) is 0 Å². The van der Waals surface area contributed by atoms with Crippen molar-refractivity contribution in [3.63, 3.8) is 0 Å². The monoisotopic (exact) mass is 247 g/mol. The van der Waals surface area contributed by atoms with Crippen LogP contribution in [0.4, 0.5) is 0 Å². The highest BCUT2D eigenvalue weighted by molar-refractivity contribution is 5.19. The maximum Gasteiger partial charge on any atom is 0.0771 e. The molecular weight excluding hydrogens is 222 g/mol. The second-order valence-corrected chi connectivity index (χ2v) is 5.94. The maximum absolute atomic E-state index is 10.4. The molecule has 0 saturated heterocycles. The first-order valence-corrected chi connectivity index (χ1v) is 7.11. The van der Waals surface area contributed by atoms with Gasteiger partial charge in [-0.1, -0.05) is 57.0 Å². The van der Waals surface area contributed by atoms with Gasteiger partial charge in [0.15, 0.2) is 0 Å². The van der Waals surface area contributed by atoms with Crippen LogP contribution in [0.25, 0.3) is 0 Å². The molecule has 0 amide bonds. The third-order valence-electron chi connectivity index (χ3n) is 4.01. The molecule has 1 unspecified atom stereocenters. The lowest BCUT2D eigenvalue weighted by atomic mass is 9.94. The van der Waals surface area contributed by atoms with Gasteiger partial charge < -0.3 is 10.4 Å². The summed E-state index contributed by atoms with van der Waals surface area (Å²) in [5.41, 5.74) is 0.844. The molecule has 1 aliphatic rings. The molecule has 1 aliphatic carbocycles. The molecule has 2 nitrogen and oxygen atoms in total. The fourth-order valence-electron chi connectivity index (χ4n) is 2.91. The lowest BCUT2D eigenvalue weighted by Gasteiger charge is -2.29. The zero-order valence-corrected chi connectivity index (χ0v) is 11.5. The molecule has 0 aliphatic heterocycles. The predicted molar refractivity (Wildman–Crippen MR) is 75.4 cm³/mol. The third kappa shape index (κ3) is 3.33. The van der Waals surface area contributed by atoms with Crippen molar-refractivity contribution in [1.29, 1.82) is 0 Å². The molecule has 0 spiro atoms. The van der Waals surface area contributed by atoms with E-state index in [0.717, 1.165) is 25.7 Å². The molecule has 0 heterocycles. The van der Waals surface area contributed by atoms with Gasteiger partial charge in [-0.25, -0.2) is 0 Å². The SMILES string of the molecule is CC(C)C(NCC1(O)CCCC1)c1ccccc1. The average molecular weight is 247 g/mol. The van der Waals surface area contributed by atoms with Crippen LogP contribution in [0.15, 0.2) is 30.3 Å². The Morgan fingerprint density at radius 3 is 2.33 bits per heavy atom. The van der Waals surface area contributed by atoms with Crippen LogP contribution in [0, 0.1) is 5.92 Å². The lowest BCUT2D eigenvalue weighted by molar-refractivity contribution is 0.0431. The summed E-state index contributed by atoms with van der Waals surface area (Å²) in [6.07, 6.45) is 4.21. The topological polar surface area (TPSA) is 32.3 Å². The number of nitrogens with one attached hydrogen (secondary N) is 1. The molecule has 0 radical (unpaired) electrons. The van der Waals surface area contributed by atoms with Gasteiger partial charge in [0.2, 0.25) is 0 Å². The number of rotatable bonds is 5. The van der Waals surface area contributed by atoms with E-state index in [2.05, 4.69) is 43.4 Å². The van der Waals surface area contributed by atoms with Crippen LogP contribution >= 0.6 is 0 Å². The van der Waals surface area contributed by atoms with E-state index < -0.39 is 5.60 Å². The molecule has 1 atom stereocenters. The van der Waals surface area contributed by atoms with E-state index in [4.69, 9.17) is 0 Å². The van der Waals surface area contributed by atoms with Crippen molar-refractivity contribution in [2.45, 2.75) is 51.2 Å². The summed E-state index contributed by atoms with van der Waals surface area (Å²) in [4.78, 5) is 0. The molecule has 1 aromatic rings. The minimum absolute atomic E-state index is 0.329. The van der Waals surface area contributed by atoms with Crippen molar-refractivity contribution < 1.29 is 5.11 Å². The Bertz CT molecular complexity index is 355. The van der Waals surface area contributed by atoms with E-state index in [1.54, 1.807) is 0 Å². The van der Waals surface area contributed by atoms with Crippen molar-refractivity contribution in [1.82, 2.24) is 5.32 Å². The highest BCUT2D eigenvalue weighted by Crippen LogP contribution is 2.30. The number of hydrogen-bond donors (Lipinski definition) is 2. The first-order chi connectivity index (χ1) is 8.61. The summed E-state index contributed by atoms with van der Waals surface area (Å²) in [5.74, 6) is 0.525. The standard InChI is InChI=1S/C16H25NO/c1-13(2)15(14-8-4-3-5-9-14)17-12-16(18)10-6-7-11-16/h3-5,8-9,13,15,17-18H,6-7,10-12H2,1-2H3. The van der Waals surface area contributed by atoms with Gasteiger partial charge in [0.05, 0.1) is 5.60 Å². The summed E-state index contributed by atoms with van der Waals surface area (Å²) in [6.45, 7) is 5.16. The van der Waals surface area contributed by atoms with E-state index in [0.29, 0.717) is 18.5 Å². The molecule has 2 N–H and O–H groups in total. The van der Waals surface area contributed by atoms with Gasteiger partial charge in [-0.15, -0.1) is 0 Å². The average Bonchev–Trinajstić information content (AvgIpc) is 2.78. The van der Waals surface area contributed by atoms with Gasteiger partial charge in [-0.05, 0) is 24.3 Å². The molecule has 18 heavy (non-hydrogen) atoms. The molecule has 100 valence electrons. The second-order valence-electron chi connectivity index (χ2n) is 5.94. The van der Waals surface area contributed by atoms with E-state index in [1.165, 1.54) is 5.56 Å². The van der Waals surface area contributed by atoms with Crippen molar-refractivity contribution in [3.8, 4) is 0 Å². The van der Waals surface area contributed by atoms with Gasteiger partial charge in [-0.3, -0.25) is 0 Å². The molecule has 1 aromatic carbocycles. The van der Waals surface area contributed by atoms with Gasteiger partial charge in [-0.2, -0.15) is 0 Å². The molecule has 1 saturated carbocycles. The minimum atomic E-state index is -0.470. The second kappa shape index (κ2) is 5.85. The first kappa shape index (κ1) is 13.6. The quantitative estimate of drug-likeness (QED) is 0.837. The van der Waals surface area contributed by atoms with Crippen LogP contribution < -0.4 is 5.32 Å². The lowest BCUT2D eigenvalue weighted by Crippen LogP contribution is -2.40. The smallest absolute Gasteiger partial charge is 0.0771 e. The van der Waals surface area contributed by atoms with Gasteiger partial charge in [0.1, 0.15) is 0 Å². The van der Waals surface area contributed by atoms with Gasteiger partial charge in [0.25, 0.3) is 0 Å². The van der Waals surface area contributed by atoms with Crippen LogP contribution in [0.3, 0.4) is 0 Å². The molecule has 0 bridgehead atoms. The summed E-state index contributed by atoms with van der Waals surface area (Å²) in [6, 6.07) is 10.9. The van der Waals surface area contributed by atoms with Crippen LogP contribution in [0.1, 0.15) is 51.1 Å². The summed E-state index contributed by atoms with van der Waals surface area (Å²) in [7, 11) is 0. The Morgan fingerprint density at radius 1 is 1.17 bits per heavy atom. The largest absolute Gasteiger partial charge is 0.389 e. The van der Waals surface area contributed by atoms with Crippen LogP contribution in [-0.2, 0) is 0 Å². The summed E-state index contributed by atoms with van der Waals surface area (Å²) in [5, 5.41) is 14.0. The van der Waals surface area contributed by atoms with Gasteiger partial charge >= 0.3 is 0 Å². The van der Waals surface area contributed by atoms with Crippen molar-refractivity contribution in [3.05, 3.63) is 35.9 Å². The highest BCUT2D eigenvalue weighted by atomic mass is 16.3. The minimum Gasteiger partial charge on any atom is -0.389 e. The van der Waals surface area contributed by atoms with Crippen molar-refractivity contribution >= 4 is 0 Å². The molecule has 0 aromatic heterocycles. The number of hydrogen-bond acceptors (Lipinski definition) is 2. The van der Waals surface area contributed by atoms with Crippen LogP contribution in [0.2, 0.25) is 0 Å². The summed E-state index contributed by atoms with van der Waals surface area (Å²) >= 11 is 0. The fourth-order valence-corrected chi connectivity index (χ4v) is 2.91. The Balaban J connectivity index is 1.99. The number of aliphatic hydroxyl groups is 1. The normalized spacial score (nSPS) is 20.2. The van der Waals surface area contributed by atoms with Crippen molar-refractivity contribution in [2.75, 3.05) is 6.54 Å².